The first-order valence-corrected chi connectivity index (χ1v) is 13.3. The average Bonchev–Trinajstić information content (AvgIpc) is 3.12. The first-order chi connectivity index (χ1) is 14.6. The molecule has 1 heterocycles. The number of hydrogen-bond donors (Lipinski definition) is 1. The van der Waals surface area contributed by atoms with Gasteiger partial charge in [-0.05, 0) is 30.7 Å². The Kier molecular flexibility index (Phi) is 7.82. The molecule has 0 unspecified atom stereocenters. The molecule has 7 nitrogen and oxygen atoms in total. The van der Waals surface area contributed by atoms with Gasteiger partial charge in [0.1, 0.15) is 6.04 Å². The molecule has 1 N–H and O–H groups in total. The maximum absolute atomic E-state index is 12.8. The van der Waals surface area contributed by atoms with Gasteiger partial charge in [-0.2, -0.15) is 0 Å². The third kappa shape index (κ3) is 6.56. The van der Waals surface area contributed by atoms with Gasteiger partial charge >= 0.3 is 0 Å². The van der Waals surface area contributed by atoms with Crippen LogP contribution in [0.2, 0.25) is 10.0 Å². The van der Waals surface area contributed by atoms with Gasteiger partial charge in [0.25, 0.3) is 0 Å². The lowest BCUT2D eigenvalue weighted by molar-refractivity contribution is -0.116. The van der Waals surface area contributed by atoms with Crippen LogP contribution in [-0.2, 0) is 20.6 Å². The third-order valence-electron chi connectivity index (χ3n) is 4.03. The Balaban J connectivity index is 1.71. The number of carbonyl (C=O) groups excluding carboxylic acids is 1. The van der Waals surface area contributed by atoms with E-state index in [0.717, 1.165) is 21.9 Å². The molecule has 0 aliphatic rings. The van der Waals surface area contributed by atoms with Crippen LogP contribution in [-0.4, -0.2) is 36.8 Å². The number of amides is 1. The maximum atomic E-state index is 12.8. The molecule has 12 heteroatoms. The summed E-state index contributed by atoms with van der Waals surface area (Å²) >= 11 is 14.7. The highest BCUT2D eigenvalue weighted by Gasteiger charge is 2.30. The number of nitrogens with zero attached hydrogens (tertiary/aromatic N) is 3. The highest BCUT2D eigenvalue weighted by Crippen LogP contribution is 2.30. The topological polar surface area (TPSA) is 92.3 Å². The van der Waals surface area contributed by atoms with Crippen LogP contribution in [0.1, 0.15) is 12.5 Å². The van der Waals surface area contributed by atoms with E-state index in [1.54, 1.807) is 0 Å². The van der Waals surface area contributed by atoms with E-state index in [1.165, 1.54) is 48.2 Å². The van der Waals surface area contributed by atoms with Crippen molar-refractivity contribution < 1.29 is 13.2 Å². The second kappa shape index (κ2) is 10.2. The molecule has 0 spiro atoms. The lowest BCUT2D eigenvalue weighted by atomic mass is 10.2. The number of thioether (sulfide) groups is 1. The number of hydrogen-bond acceptors (Lipinski definition) is 7. The monoisotopic (exact) mass is 516 g/mol. The Morgan fingerprint density at radius 3 is 2.42 bits per heavy atom. The molecule has 1 amide bonds. The van der Waals surface area contributed by atoms with Gasteiger partial charge in [0.2, 0.25) is 21.1 Å². The van der Waals surface area contributed by atoms with Crippen LogP contribution in [0.5, 0.6) is 0 Å². The van der Waals surface area contributed by atoms with Crippen LogP contribution in [0.15, 0.2) is 52.9 Å². The Hall–Kier alpha value is -1.85. The Bertz CT molecular complexity index is 1150. The molecule has 3 aromatic rings. The number of anilines is 2. The fourth-order valence-electron chi connectivity index (χ4n) is 2.72. The summed E-state index contributed by atoms with van der Waals surface area (Å²) in [7, 11) is -3.80. The summed E-state index contributed by atoms with van der Waals surface area (Å²) in [5.41, 5.74) is 1.34. The van der Waals surface area contributed by atoms with Crippen molar-refractivity contribution in [2.24, 2.45) is 0 Å². The number of rotatable bonds is 8. The smallest absolute Gasteiger partial charge is 0.249 e. The molecule has 2 aromatic carbocycles. The van der Waals surface area contributed by atoms with Gasteiger partial charge < -0.3 is 0 Å². The molecule has 1 aromatic heterocycles. The first-order valence-electron chi connectivity index (χ1n) is 8.90. The number of halogens is 2. The van der Waals surface area contributed by atoms with Crippen LogP contribution in [0.3, 0.4) is 0 Å². The summed E-state index contributed by atoms with van der Waals surface area (Å²) < 4.78 is 26.5. The molecule has 31 heavy (non-hydrogen) atoms. The lowest BCUT2D eigenvalue weighted by Crippen LogP contribution is -2.45. The summed E-state index contributed by atoms with van der Waals surface area (Å²) in [6, 6.07) is 13.2. The summed E-state index contributed by atoms with van der Waals surface area (Å²) in [6.45, 7) is 1.47. The molecule has 0 saturated carbocycles. The number of nitrogens with one attached hydrogen (secondary N) is 1. The van der Waals surface area contributed by atoms with Crippen molar-refractivity contribution in [1.82, 2.24) is 10.2 Å². The fourth-order valence-corrected chi connectivity index (χ4v) is 6.11. The minimum absolute atomic E-state index is 0.194. The average molecular weight is 517 g/mol. The molecule has 164 valence electrons. The van der Waals surface area contributed by atoms with Crippen molar-refractivity contribution in [3.63, 3.8) is 0 Å². The largest absolute Gasteiger partial charge is 0.299 e. The van der Waals surface area contributed by atoms with E-state index < -0.39 is 22.0 Å². The summed E-state index contributed by atoms with van der Waals surface area (Å²) in [5, 5.41) is 11.5. The minimum Gasteiger partial charge on any atom is -0.299 e. The Labute approximate surface area is 198 Å². The molecule has 0 saturated heterocycles. The molecular weight excluding hydrogens is 499 g/mol. The highest BCUT2D eigenvalue weighted by molar-refractivity contribution is 8.00. The molecular formula is C19H18Cl2N4O3S3. The van der Waals surface area contributed by atoms with Gasteiger partial charge in [-0.3, -0.25) is 14.4 Å². The van der Waals surface area contributed by atoms with E-state index in [2.05, 4.69) is 15.5 Å². The van der Waals surface area contributed by atoms with Crippen molar-refractivity contribution in [3.05, 3.63) is 64.1 Å². The summed E-state index contributed by atoms with van der Waals surface area (Å²) in [5.74, 6) is 0.161. The zero-order valence-electron chi connectivity index (χ0n) is 16.5. The predicted molar refractivity (Wildman–Crippen MR) is 128 cm³/mol. The highest BCUT2D eigenvalue weighted by atomic mass is 35.5. The van der Waals surface area contributed by atoms with E-state index in [0.29, 0.717) is 4.34 Å². The van der Waals surface area contributed by atoms with Crippen LogP contribution in [0.4, 0.5) is 10.8 Å². The van der Waals surface area contributed by atoms with Gasteiger partial charge in [-0.1, -0.05) is 76.6 Å². The molecule has 0 radical (unpaired) electrons. The van der Waals surface area contributed by atoms with Crippen molar-refractivity contribution in [3.8, 4) is 0 Å². The second-order valence-corrected chi connectivity index (χ2v) is 11.4. The normalized spacial score (nSPS) is 12.4. The number of aromatic nitrogens is 2. The van der Waals surface area contributed by atoms with Crippen LogP contribution < -0.4 is 9.62 Å². The van der Waals surface area contributed by atoms with Crippen molar-refractivity contribution >= 4 is 73.0 Å². The zero-order valence-corrected chi connectivity index (χ0v) is 20.4. The molecule has 1 atom stereocenters. The van der Waals surface area contributed by atoms with Crippen LogP contribution in [0, 0.1) is 0 Å². The van der Waals surface area contributed by atoms with Gasteiger partial charge in [0.15, 0.2) is 4.34 Å². The molecule has 0 aliphatic carbocycles. The van der Waals surface area contributed by atoms with E-state index in [4.69, 9.17) is 23.2 Å². The number of benzene rings is 2. The Morgan fingerprint density at radius 2 is 1.81 bits per heavy atom. The first kappa shape index (κ1) is 23.8. The quantitative estimate of drug-likeness (QED) is 0.337. The second-order valence-electron chi connectivity index (χ2n) is 6.50. The minimum atomic E-state index is -3.80. The van der Waals surface area contributed by atoms with E-state index in [1.807, 2.05) is 30.3 Å². The van der Waals surface area contributed by atoms with Gasteiger partial charge in [-0.15, -0.1) is 10.2 Å². The van der Waals surface area contributed by atoms with E-state index in [9.17, 15) is 13.2 Å². The van der Waals surface area contributed by atoms with E-state index in [-0.39, 0.29) is 20.9 Å². The van der Waals surface area contributed by atoms with Crippen molar-refractivity contribution in [2.75, 3.05) is 15.9 Å². The van der Waals surface area contributed by atoms with Gasteiger partial charge in [-0.25, -0.2) is 8.42 Å². The molecule has 0 aliphatic heterocycles. The molecule has 0 fully saturated rings. The lowest BCUT2D eigenvalue weighted by Gasteiger charge is -2.28. The number of sulfonamides is 1. The number of carbonyl (C=O) groups is 1. The molecule has 0 bridgehead atoms. The van der Waals surface area contributed by atoms with Crippen molar-refractivity contribution in [1.29, 1.82) is 0 Å². The van der Waals surface area contributed by atoms with Gasteiger partial charge in [0.05, 0.1) is 11.9 Å². The fraction of sp³-hybridized carbons (Fsp3) is 0.211. The standard InChI is InChI=1S/C19H18Cl2N4O3S3/c1-12(25(31(2,27)28)16-9-14(20)8-15(21)10-16)17(26)22-18-23-24-19(30-18)29-11-13-6-4-3-5-7-13/h3-10,12H,11H2,1-2H3,(H,22,23,26)/t12-/m1/s1. The van der Waals surface area contributed by atoms with Crippen molar-refractivity contribution in [2.45, 2.75) is 23.1 Å². The van der Waals surface area contributed by atoms with Crippen LogP contribution >= 0.6 is 46.3 Å². The van der Waals surface area contributed by atoms with E-state index >= 15 is 0 Å². The summed E-state index contributed by atoms with van der Waals surface area (Å²) in [4.78, 5) is 12.8. The van der Waals surface area contributed by atoms with Gasteiger partial charge in [0, 0.05) is 15.8 Å². The SMILES string of the molecule is C[C@H](C(=O)Nc1nnc(SCc2ccccc2)s1)N(c1cc(Cl)cc(Cl)c1)S(C)(=O)=O. The summed E-state index contributed by atoms with van der Waals surface area (Å²) in [6.07, 6.45) is 1.01. The van der Waals surface area contributed by atoms with Crippen LogP contribution in [0.25, 0.3) is 0 Å². The zero-order chi connectivity index (χ0) is 22.6. The third-order valence-corrected chi connectivity index (χ3v) is 7.75. The predicted octanol–water partition coefficient (Wildman–Crippen LogP) is 4.93. The maximum Gasteiger partial charge on any atom is 0.249 e. The Morgan fingerprint density at radius 1 is 1.16 bits per heavy atom. The molecule has 3 rings (SSSR count).